The van der Waals surface area contributed by atoms with Crippen LogP contribution in [0.5, 0.6) is 5.75 Å². The van der Waals surface area contributed by atoms with Crippen LogP contribution in [0.4, 0.5) is 10.5 Å². The molecule has 0 saturated carbocycles. The highest BCUT2D eigenvalue weighted by molar-refractivity contribution is 6.29. The summed E-state index contributed by atoms with van der Waals surface area (Å²) in [5.74, 6) is -1.82. The first-order valence-electron chi connectivity index (χ1n) is 4.73. The van der Waals surface area contributed by atoms with Crippen LogP contribution in [0.25, 0.3) is 0 Å². The van der Waals surface area contributed by atoms with Gasteiger partial charge in [-0.15, -0.1) is 11.6 Å². The number of nitrogens with one attached hydrogen (secondary N) is 2. The molecule has 4 amide bonds. The van der Waals surface area contributed by atoms with E-state index in [0.717, 1.165) is 0 Å². The molecule has 0 unspecified atom stereocenters. The molecule has 0 spiro atoms. The first-order chi connectivity index (χ1) is 8.43. The molecule has 0 aliphatic rings. The second kappa shape index (κ2) is 5.87. The molecule has 0 aromatic heterocycles. The average molecular weight is 272 g/mol. The van der Waals surface area contributed by atoms with Crippen molar-refractivity contribution in [3.05, 3.63) is 23.8 Å². The number of halogens is 1. The number of carbonyl (C=O) groups is 3. The summed E-state index contributed by atoms with van der Waals surface area (Å²) in [6.07, 6.45) is 0. The van der Waals surface area contributed by atoms with Crippen LogP contribution in [0.2, 0.25) is 0 Å². The maximum Gasteiger partial charge on any atom is 0.319 e. The summed E-state index contributed by atoms with van der Waals surface area (Å²) in [5.41, 5.74) is 4.86. The van der Waals surface area contributed by atoms with E-state index in [-0.39, 0.29) is 22.9 Å². The van der Waals surface area contributed by atoms with Gasteiger partial charge in [0.2, 0.25) is 5.91 Å². The molecule has 0 atom stereocenters. The Labute approximate surface area is 107 Å². The van der Waals surface area contributed by atoms with Crippen molar-refractivity contribution in [3.8, 4) is 5.75 Å². The van der Waals surface area contributed by atoms with E-state index in [2.05, 4.69) is 5.32 Å². The maximum absolute atomic E-state index is 11.4. The maximum atomic E-state index is 11.4. The van der Waals surface area contributed by atoms with Gasteiger partial charge in [-0.2, -0.15) is 0 Å². The van der Waals surface area contributed by atoms with Gasteiger partial charge in [0.05, 0.1) is 5.69 Å². The zero-order valence-corrected chi connectivity index (χ0v) is 9.82. The minimum absolute atomic E-state index is 0.0118. The van der Waals surface area contributed by atoms with Gasteiger partial charge < -0.3 is 16.2 Å². The number of phenolic OH excluding ortho intramolecular Hbond substituents is 1. The normalized spacial score (nSPS) is 9.61. The number of imide groups is 1. The van der Waals surface area contributed by atoms with E-state index in [1.165, 1.54) is 18.2 Å². The van der Waals surface area contributed by atoms with Crippen LogP contribution in [0.3, 0.4) is 0 Å². The molecule has 8 heteroatoms. The summed E-state index contributed by atoms with van der Waals surface area (Å²) in [6, 6.07) is 2.65. The topological polar surface area (TPSA) is 122 Å². The molecule has 7 nitrogen and oxygen atoms in total. The minimum atomic E-state index is -1.00. The van der Waals surface area contributed by atoms with Crippen LogP contribution in [0.1, 0.15) is 10.4 Å². The van der Waals surface area contributed by atoms with Crippen LogP contribution < -0.4 is 16.4 Å². The van der Waals surface area contributed by atoms with Gasteiger partial charge in [-0.3, -0.25) is 14.9 Å². The minimum Gasteiger partial charge on any atom is -0.506 e. The lowest BCUT2D eigenvalue weighted by atomic mass is 10.1. The SMILES string of the molecule is NC(=O)NC(=O)c1ccc(O)c(NC(=O)CCl)c1. The molecule has 1 aromatic carbocycles. The summed E-state index contributed by atoms with van der Waals surface area (Å²) in [6.45, 7) is 0. The molecule has 0 saturated heterocycles. The summed E-state index contributed by atoms with van der Waals surface area (Å²) >= 11 is 5.29. The number of aromatic hydroxyl groups is 1. The Morgan fingerprint density at radius 3 is 2.56 bits per heavy atom. The van der Waals surface area contributed by atoms with Crippen LogP contribution >= 0.6 is 11.6 Å². The van der Waals surface area contributed by atoms with Crippen molar-refractivity contribution in [3.63, 3.8) is 0 Å². The Hall–Kier alpha value is -2.28. The lowest BCUT2D eigenvalue weighted by Gasteiger charge is -2.08. The number of amides is 4. The molecule has 96 valence electrons. The van der Waals surface area contributed by atoms with Crippen molar-refractivity contribution in [1.29, 1.82) is 0 Å². The van der Waals surface area contributed by atoms with Gasteiger partial charge in [0.25, 0.3) is 5.91 Å². The third-order valence-electron chi connectivity index (χ3n) is 1.89. The fourth-order valence-corrected chi connectivity index (χ4v) is 1.21. The van der Waals surface area contributed by atoms with Crippen molar-refractivity contribution < 1.29 is 19.5 Å². The summed E-state index contributed by atoms with van der Waals surface area (Å²) < 4.78 is 0. The highest BCUT2D eigenvalue weighted by atomic mass is 35.5. The molecule has 0 aliphatic carbocycles. The van der Waals surface area contributed by atoms with Crippen molar-refractivity contribution in [2.45, 2.75) is 0 Å². The van der Waals surface area contributed by atoms with Crippen molar-refractivity contribution in [2.24, 2.45) is 5.73 Å². The fraction of sp³-hybridized carbons (Fsp3) is 0.100. The van der Waals surface area contributed by atoms with E-state index < -0.39 is 17.8 Å². The third-order valence-corrected chi connectivity index (χ3v) is 2.13. The number of carbonyl (C=O) groups excluding carboxylic acids is 3. The Morgan fingerprint density at radius 2 is 2.00 bits per heavy atom. The Balaban J connectivity index is 2.96. The number of hydrogen-bond donors (Lipinski definition) is 4. The third kappa shape index (κ3) is 3.63. The largest absolute Gasteiger partial charge is 0.506 e. The zero-order valence-electron chi connectivity index (χ0n) is 9.07. The van der Waals surface area contributed by atoms with Crippen molar-refractivity contribution >= 4 is 35.1 Å². The number of rotatable bonds is 3. The van der Waals surface area contributed by atoms with E-state index in [9.17, 15) is 19.5 Å². The Morgan fingerprint density at radius 1 is 1.33 bits per heavy atom. The zero-order chi connectivity index (χ0) is 13.7. The Bertz CT molecular complexity index is 504. The molecule has 1 rings (SSSR count). The van der Waals surface area contributed by atoms with E-state index in [0.29, 0.717) is 0 Å². The first kappa shape index (κ1) is 13.8. The van der Waals surface area contributed by atoms with Gasteiger partial charge in [0, 0.05) is 5.56 Å². The fourth-order valence-electron chi connectivity index (χ4n) is 1.15. The van der Waals surface area contributed by atoms with Crippen molar-refractivity contribution in [2.75, 3.05) is 11.2 Å². The van der Waals surface area contributed by atoms with E-state index in [1.54, 1.807) is 0 Å². The van der Waals surface area contributed by atoms with Crippen LogP contribution in [-0.4, -0.2) is 28.8 Å². The van der Waals surface area contributed by atoms with E-state index in [4.69, 9.17) is 17.3 Å². The molecule has 0 radical (unpaired) electrons. The number of anilines is 1. The smallest absolute Gasteiger partial charge is 0.319 e. The standard InChI is InChI=1S/C10H10ClN3O4/c11-4-8(16)13-6-3-5(1-2-7(6)15)9(17)14-10(12)18/h1-3,15H,4H2,(H,13,16)(H3,12,14,17,18). The predicted octanol–water partition coefficient (Wildman–Crippen LogP) is 0.378. The number of urea groups is 1. The second-order valence-corrected chi connectivity index (χ2v) is 3.50. The van der Waals surface area contributed by atoms with Crippen LogP contribution in [0.15, 0.2) is 18.2 Å². The molecule has 0 aliphatic heterocycles. The van der Waals surface area contributed by atoms with Gasteiger partial charge in [-0.1, -0.05) is 0 Å². The van der Waals surface area contributed by atoms with E-state index >= 15 is 0 Å². The number of phenols is 1. The van der Waals surface area contributed by atoms with Crippen LogP contribution in [0, 0.1) is 0 Å². The number of benzene rings is 1. The lowest BCUT2D eigenvalue weighted by molar-refractivity contribution is -0.113. The lowest BCUT2D eigenvalue weighted by Crippen LogP contribution is -2.34. The first-order valence-corrected chi connectivity index (χ1v) is 5.27. The highest BCUT2D eigenvalue weighted by Gasteiger charge is 2.12. The molecule has 0 heterocycles. The van der Waals surface area contributed by atoms with Gasteiger partial charge >= 0.3 is 6.03 Å². The Kier molecular flexibility index (Phi) is 4.50. The van der Waals surface area contributed by atoms with Gasteiger partial charge in [-0.25, -0.2) is 4.79 Å². The molecule has 0 fully saturated rings. The highest BCUT2D eigenvalue weighted by Crippen LogP contribution is 2.24. The molecular formula is C10H10ClN3O4. The molecule has 1 aromatic rings. The monoisotopic (exact) mass is 271 g/mol. The summed E-state index contributed by atoms with van der Waals surface area (Å²) in [5, 5.41) is 13.6. The number of primary amides is 1. The summed E-state index contributed by atoms with van der Waals surface area (Å²) in [7, 11) is 0. The number of alkyl halides is 1. The van der Waals surface area contributed by atoms with Gasteiger partial charge in [-0.05, 0) is 18.2 Å². The second-order valence-electron chi connectivity index (χ2n) is 3.23. The molecule has 5 N–H and O–H groups in total. The molecule has 18 heavy (non-hydrogen) atoms. The van der Waals surface area contributed by atoms with Crippen LogP contribution in [-0.2, 0) is 4.79 Å². The predicted molar refractivity (Wildman–Crippen MR) is 64.5 cm³/mol. The van der Waals surface area contributed by atoms with Gasteiger partial charge in [0.1, 0.15) is 11.6 Å². The quantitative estimate of drug-likeness (QED) is 0.469. The van der Waals surface area contributed by atoms with Gasteiger partial charge in [0.15, 0.2) is 0 Å². The van der Waals surface area contributed by atoms with E-state index in [1.807, 2.05) is 5.32 Å². The number of hydrogen-bond acceptors (Lipinski definition) is 4. The molecule has 0 bridgehead atoms. The van der Waals surface area contributed by atoms with Crippen molar-refractivity contribution in [1.82, 2.24) is 5.32 Å². The molecular weight excluding hydrogens is 262 g/mol. The average Bonchev–Trinajstić information content (AvgIpc) is 2.30. The summed E-state index contributed by atoms with van der Waals surface area (Å²) in [4.78, 5) is 33.0. The number of nitrogens with two attached hydrogens (primary N) is 1.